The van der Waals surface area contributed by atoms with Gasteiger partial charge < -0.3 is 9.80 Å². The predicted octanol–water partition coefficient (Wildman–Crippen LogP) is 1.94. The number of amides is 1. The molecule has 1 aromatic heterocycles. The van der Waals surface area contributed by atoms with E-state index in [1.807, 2.05) is 31.2 Å². The highest BCUT2D eigenvalue weighted by Crippen LogP contribution is 2.21. The summed E-state index contributed by atoms with van der Waals surface area (Å²) < 4.78 is 27.3. The third-order valence-corrected chi connectivity index (χ3v) is 7.54. The minimum absolute atomic E-state index is 0.187. The Balaban J connectivity index is 1.51. The van der Waals surface area contributed by atoms with Crippen LogP contribution in [0.4, 0.5) is 5.69 Å². The molecule has 2 aromatic rings. The number of anilines is 1. The van der Waals surface area contributed by atoms with E-state index in [2.05, 4.69) is 21.8 Å². The molecule has 8 heteroatoms. The van der Waals surface area contributed by atoms with Crippen molar-refractivity contribution in [2.75, 3.05) is 37.6 Å². The molecule has 1 saturated heterocycles. The fourth-order valence-electron chi connectivity index (χ4n) is 2.89. The number of sulfonamides is 1. The summed E-state index contributed by atoms with van der Waals surface area (Å²) in [5.41, 5.74) is 1.14. The first-order valence-corrected chi connectivity index (χ1v) is 11.0. The lowest BCUT2D eigenvalue weighted by molar-refractivity contribution is -0.130. The molecule has 140 valence electrons. The smallest absolute Gasteiger partial charge is 0.250 e. The highest BCUT2D eigenvalue weighted by Gasteiger charge is 2.23. The molecule has 1 N–H and O–H groups in total. The summed E-state index contributed by atoms with van der Waals surface area (Å²) in [6, 6.07) is 13.5. The number of nitrogens with one attached hydrogen (secondary N) is 1. The summed E-state index contributed by atoms with van der Waals surface area (Å²) in [6.07, 6.45) is 0.796. The van der Waals surface area contributed by atoms with Gasteiger partial charge in [-0.05, 0) is 30.7 Å². The highest BCUT2D eigenvalue weighted by molar-refractivity contribution is 7.91. The maximum Gasteiger partial charge on any atom is 0.250 e. The summed E-state index contributed by atoms with van der Waals surface area (Å²) in [4.78, 5) is 17.3. The third kappa shape index (κ3) is 4.44. The Morgan fingerprint density at radius 3 is 2.38 bits per heavy atom. The molecule has 1 amide bonds. The molecule has 0 atom stereocenters. The predicted molar refractivity (Wildman–Crippen MR) is 104 cm³/mol. The second-order valence-electron chi connectivity index (χ2n) is 6.10. The molecular formula is C18H23N3O3S2. The van der Waals surface area contributed by atoms with Crippen LogP contribution in [-0.4, -0.2) is 51.9 Å². The van der Waals surface area contributed by atoms with Crippen LogP contribution in [0.3, 0.4) is 0 Å². The van der Waals surface area contributed by atoms with Gasteiger partial charge in [-0.1, -0.05) is 25.1 Å². The van der Waals surface area contributed by atoms with Crippen LogP contribution in [0.15, 0.2) is 46.7 Å². The monoisotopic (exact) mass is 393 g/mol. The maximum absolute atomic E-state index is 12.4. The molecule has 1 aromatic carbocycles. The van der Waals surface area contributed by atoms with E-state index >= 15 is 0 Å². The van der Waals surface area contributed by atoms with E-state index in [4.69, 9.17) is 0 Å². The van der Waals surface area contributed by atoms with Gasteiger partial charge in [0.2, 0.25) is 5.91 Å². The zero-order valence-corrected chi connectivity index (χ0v) is 16.4. The van der Waals surface area contributed by atoms with Gasteiger partial charge in [0.05, 0.1) is 6.54 Å². The Bertz CT molecular complexity index is 842. The van der Waals surface area contributed by atoms with Gasteiger partial charge in [-0.2, -0.15) is 0 Å². The largest absolute Gasteiger partial charge is 0.368 e. The number of para-hydroxylation sites is 1. The first-order chi connectivity index (χ1) is 12.5. The summed E-state index contributed by atoms with van der Waals surface area (Å²) in [7, 11) is -3.63. The number of rotatable bonds is 6. The second kappa shape index (κ2) is 8.20. The van der Waals surface area contributed by atoms with Gasteiger partial charge in [0.25, 0.3) is 10.0 Å². The Morgan fingerprint density at radius 2 is 1.77 bits per heavy atom. The first kappa shape index (κ1) is 18.9. The van der Waals surface area contributed by atoms with Crippen LogP contribution < -0.4 is 9.62 Å². The van der Waals surface area contributed by atoms with Gasteiger partial charge in [0, 0.05) is 36.7 Å². The van der Waals surface area contributed by atoms with Crippen molar-refractivity contribution in [2.45, 2.75) is 17.6 Å². The minimum atomic E-state index is -3.63. The van der Waals surface area contributed by atoms with Crippen LogP contribution >= 0.6 is 11.3 Å². The Labute approximate surface area is 158 Å². The number of hydrogen-bond donors (Lipinski definition) is 1. The van der Waals surface area contributed by atoms with Gasteiger partial charge in [0.1, 0.15) is 4.21 Å². The van der Waals surface area contributed by atoms with Crippen molar-refractivity contribution in [1.82, 2.24) is 9.62 Å². The van der Waals surface area contributed by atoms with Gasteiger partial charge in [-0.25, -0.2) is 13.1 Å². The van der Waals surface area contributed by atoms with E-state index in [0.29, 0.717) is 13.1 Å². The summed E-state index contributed by atoms with van der Waals surface area (Å²) in [6.45, 7) is 4.45. The van der Waals surface area contributed by atoms with Crippen LogP contribution in [0.5, 0.6) is 0 Å². The van der Waals surface area contributed by atoms with Crippen LogP contribution in [0.1, 0.15) is 11.8 Å². The molecule has 3 rings (SSSR count). The molecule has 0 unspecified atom stereocenters. The zero-order chi connectivity index (χ0) is 18.6. The number of carbonyl (C=O) groups excluding carboxylic acids is 1. The molecule has 1 fully saturated rings. The number of piperazine rings is 1. The van der Waals surface area contributed by atoms with Gasteiger partial charge in [-0.3, -0.25) is 4.79 Å². The molecule has 0 spiro atoms. The van der Waals surface area contributed by atoms with Crippen molar-refractivity contribution >= 4 is 33.0 Å². The zero-order valence-electron chi connectivity index (χ0n) is 14.7. The van der Waals surface area contributed by atoms with Crippen LogP contribution in [-0.2, 0) is 21.2 Å². The molecule has 0 aliphatic carbocycles. The fraction of sp³-hybridized carbons (Fsp3) is 0.389. The van der Waals surface area contributed by atoms with Crippen LogP contribution in [0, 0.1) is 0 Å². The molecule has 26 heavy (non-hydrogen) atoms. The summed E-state index contributed by atoms with van der Waals surface area (Å²) in [5.74, 6) is -0.187. The van der Waals surface area contributed by atoms with Crippen molar-refractivity contribution in [1.29, 1.82) is 0 Å². The number of hydrogen-bond acceptors (Lipinski definition) is 5. The van der Waals surface area contributed by atoms with Gasteiger partial charge >= 0.3 is 0 Å². The molecule has 6 nitrogen and oxygen atoms in total. The molecule has 2 heterocycles. The Morgan fingerprint density at radius 1 is 1.08 bits per heavy atom. The molecule has 1 aliphatic rings. The first-order valence-electron chi connectivity index (χ1n) is 8.66. The van der Waals surface area contributed by atoms with E-state index in [-0.39, 0.29) is 16.7 Å². The highest BCUT2D eigenvalue weighted by atomic mass is 32.2. The van der Waals surface area contributed by atoms with Crippen LogP contribution in [0.25, 0.3) is 0 Å². The molecule has 0 radical (unpaired) electrons. The topological polar surface area (TPSA) is 69.7 Å². The standard InChI is InChI=1S/C18H23N3O3S2/c1-2-16-8-9-18(25-16)26(23,24)19-14-17(22)21-12-10-20(11-13-21)15-6-4-3-5-7-15/h3-9,19H,2,10-14H2,1H3. The van der Waals surface area contributed by atoms with E-state index in [0.717, 1.165) is 30.1 Å². The van der Waals surface area contributed by atoms with Crippen molar-refractivity contribution in [3.05, 3.63) is 47.3 Å². The lowest BCUT2D eigenvalue weighted by Gasteiger charge is -2.36. The van der Waals surface area contributed by atoms with Gasteiger partial charge in [0.15, 0.2) is 0 Å². The molecule has 0 bridgehead atoms. The number of nitrogens with zero attached hydrogens (tertiary/aromatic N) is 2. The Kier molecular flexibility index (Phi) is 5.95. The van der Waals surface area contributed by atoms with Crippen molar-refractivity contribution in [2.24, 2.45) is 0 Å². The van der Waals surface area contributed by atoms with Crippen molar-refractivity contribution in [3.63, 3.8) is 0 Å². The normalized spacial score (nSPS) is 15.3. The number of aryl methyl sites for hydroxylation is 1. The minimum Gasteiger partial charge on any atom is -0.368 e. The average Bonchev–Trinajstić information content (AvgIpc) is 3.17. The Hall–Kier alpha value is -1.90. The summed E-state index contributed by atoms with van der Waals surface area (Å²) in [5, 5.41) is 0. The average molecular weight is 394 g/mol. The van der Waals surface area contributed by atoms with E-state index < -0.39 is 10.0 Å². The quantitative estimate of drug-likeness (QED) is 0.814. The number of thiophene rings is 1. The molecule has 0 saturated carbocycles. The lowest BCUT2D eigenvalue weighted by Crippen LogP contribution is -2.51. The maximum atomic E-state index is 12.4. The van der Waals surface area contributed by atoms with Gasteiger partial charge in [-0.15, -0.1) is 11.3 Å². The molecular weight excluding hydrogens is 370 g/mol. The van der Waals surface area contributed by atoms with E-state index in [1.54, 1.807) is 11.0 Å². The van der Waals surface area contributed by atoms with E-state index in [9.17, 15) is 13.2 Å². The molecule has 1 aliphatic heterocycles. The van der Waals surface area contributed by atoms with E-state index in [1.165, 1.54) is 11.3 Å². The number of carbonyl (C=O) groups is 1. The fourth-order valence-corrected chi connectivity index (χ4v) is 5.20. The second-order valence-corrected chi connectivity index (χ2v) is 9.26. The number of benzene rings is 1. The van der Waals surface area contributed by atoms with Crippen LogP contribution in [0.2, 0.25) is 0 Å². The third-order valence-electron chi connectivity index (χ3n) is 4.42. The lowest BCUT2D eigenvalue weighted by atomic mass is 10.2. The van der Waals surface area contributed by atoms with Crippen molar-refractivity contribution < 1.29 is 13.2 Å². The SMILES string of the molecule is CCc1ccc(S(=O)(=O)NCC(=O)N2CCN(c3ccccc3)CC2)s1. The summed E-state index contributed by atoms with van der Waals surface area (Å²) >= 11 is 1.24. The van der Waals surface area contributed by atoms with Crippen molar-refractivity contribution in [3.8, 4) is 0 Å².